The molecule has 2 N–H and O–H groups in total. The Bertz CT molecular complexity index is 416. The smallest absolute Gasteiger partial charge is 0.337 e. The van der Waals surface area contributed by atoms with Crippen LogP contribution >= 0.6 is 0 Å². The molecule has 92 valence electrons. The Labute approximate surface area is 98.5 Å². The van der Waals surface area contributed by atoms with Crippen LogP contribution in [-0.4, -0.2) is 51.7 Å². The summed E-state index contributed by atoms with van der Waals surface area (Å²) < 4.78 is 0. The predicted molar refractivity (Wildman–Crippen MR) is 59.8 cm³/mol. The van der Waals surface area contributed by atoms with E-state index >= 15 is 0 Å². The number of pyridine rings is 1. The molecule has 1 aromatic rings. The van der Waals surface area contributed by atoms with Crippen LogP contribution in [-0.2, 0) is 0 Å². The zero-order valence-electron chi connectivity index (χ0n) is 9.62. The molecule has 0 aliphatic heterocycles. The van der Waals surface area contributed by atoms with Gasteiger partial charge in [-0.3, -0.25) is 9.78 Å². The second kappa shape index (κ2) is 5.40. The van der Waals surface area contributed by atoms with Gasteiger partial charge in [-0.1, -0.05) is 0 Å². The molecule has 1 amide bonds. The van der Waals surface area contributed by atoms with E-state index in [2.05, 4.69) is 4.98 Å². The van der Waals surface area contributed by atoms with E-state index in [0.29, 0.717) is 0 Å². The van der Waals surface area contributed by atoms with Crippen LogP contribution < -0.4 is 0 Å². The zero-order valence-corrected chi connectivity index (χ0v) is 9.62. The standard InChI is InChI=1S/C11H14N2O4/c1-7(6-14)13(2)10(15)9-4-3-8(5-12-9)11(16)17/h3-5,7,14H,6H2,1-2H3,(H,16,17). The van der Waals surface area contributed by atoms with Crippen LogP contribution in [0.5, 0.6) is 0 Å². The molecule has 0 bridgehead atoms. The summed E-state index contributed by atoms with van der Waals surface area (Å²) in [7, 11) is 1.55. The minimum Gasteiger partial charge on any atom is -0.478 e. The summed E-state index contributed by atoms with van der Waals surface area (Å²) in [6.07, 6.45) is 1.13. The lowest BCUT2D eigenvalue weighted by atomic mass is 10.2. The number of carboxylic acid groups (broad SMARTS) is 1. The van der Waals surface area contributed by atoms with Gasteiger partial charge in [-0.05, 0) is 19.1 Å². The molecule has 17 heavy (non-hydrogen) atoms. The lowest BCUT2D eigenvalue weighted by Gasteiger charge is -2.22. The van der Waals surface area contributed by atoms with Crippen LogP contribution in [0.2, 0.25) is 0 Å². The number of aromatic carboxylic acids is 1. The van der Waals surface area contributed by atoms with Crippen molar-refractivity contribution >= 4 is 11.9 Å². The van der Waals surface area contributed by atoms with E-state index in [1.165, 1.54) is 17.0 Å². The highest BCUT2D eigenvalue weighted by Gasteiger charge is 2.18. The molecular weight excluding hydrogens is 224 g/mol. The van der Waals surface area contributed by atoms with Crippen molar-refractivity contribution < 1.29 is 19.8 Å². The maximum absolute atomic E-state index is 11.8. The number of hydrogen-bond donors (Lipinski definition) is 2. The Hall–Kier alpha value is -1.95. The number of likely N-dealkylation sites (N-methyl/N-ethyl adjacent to an activating group) is 1. The minimum absolute atomic E-state index is 0.0272. The first-order valence-corrected chi connectivity index (χ1v) is 5.04. The third-order valence-electron chi connectivity index (χ3n) is 2.48. The lowest BCUT2D eigenvalue weighted by molar-refractivity contribution is 0.0669. The van der Waals surface area contributed by atoms with E-state index < -0.39 is 5.97 Å². The summed E-state index contributed by atoms with van der Waals surface area (Å²) in [5.41, 5.74) is 0.178. The van der Waals surface area contributed by atoms with Gasteiger partial charge in [0.05, 0.1) is 18.2 Å². The molecule has 0 spiro atoms. The number of aliphatic hydroxyl groups excluding tert-OH is 1. The Balaban J connectivity index is 2.86. The first-order valence-electron chi connectivity index (χ1n) is 5.04. The monoisotopic (exact) mass is 238 g/mol. The number of carbonyl (C=O) groups is 2. The van der Waals surface area contributed by atoms with Gasteiger partial charge in [0.15, 0.2) is 0 Å². The molecule has 1 atom stereocenters. The van der Waals surface area contributed by atoms with Gasteiger partial charge in [0.1, 0.15) is 5.69 Å². The summed E-state index contributed by atoms with van der Waals surface area (Å²) in [6.45, 7) is 1.55. The number of amides is 1. The van der Waals surface area contributed by atoms with Gasteiger partial charge < -0.3 is 15.1 Å². The highest BCUT2D eigenvalue weighted by Crippen LogP contribution is 2.05. The van der Waals surface area contributed by atoms with E-state index in [4.69, 9.17) is 10.2 Å². The molecule has 1 aromatic heterocycles. The molecule has 1 unspecified atom stereocenters. The predicted octanol–water partition coefficient (Wildman–Crippen LogP) is 0.233. The van der Waals surface area contributed by atoms with Crippen molar-refractivity contribution in [2.24, 2.45) is 0 Å². The fourth-order valence-electron chi connectivity index (χ4n) is 1.15. The van der Waals surface area contributed by atoms with Crippen molar-refractivity contribution in [3.8, 4) is 0 Å². The van der Waals surface area contributed by atoms with E-state index in [-0.39, 0.29) is 29.8 Å². The van der Waals surface area contributed by atoms with Gasteiger partial charge in [-0.2, -0.15) is 0 Å². The van der Waals surface area contributed by atoms with Crippen LogP contribution in [0.1, 0.15) is 27.8 Å². The highest BCUT2D eigenvalue weighted by atomic mass is 16.4. The number of aromatic nitrogens is 1. The number of aliphatic hydroxyl groups is 1. The molecule has 6 nitrogen and oxygen atoms in total. The van der Waals surface area contributed by atoms with Crippen molar-refractivity contribution in [1.82, 2.24) is 9.88 Å². The van der Waals surface area contributed by atoms with Gasteiger partial charge in [0, 0.05) is 13.2 Å². The molecule has 0 fully saturated rings. The quantitative estimate of drug-likeness (QED) is 0.783. The third-order valence-corrected chi connectivity index (χ3v) is 2.48. The van der Waals surface area contributed by atoms with Crippen molar-refractivity contribution in [3.05, 3.63) is 29.6 Å². The third kappa shape index (κ3) is 3.01. The first kappa shape index (κ1) is 13.1. The largest absolute Gasteiger partial charge is 0.478 e. The van der Waals surface area contributed by atoms with Crippen LogP contribution in [0, 0.1) is 0 Å². The van der Waals surface area contributed by atoms with E-state index in [0.717, 1.165) is 6.20 Å². The van der Waals surface area contributed by atoms with Gasteiger partial charge in [-0.25, -0.2) is 4.79 Å². The normalized spacial score (nSPS) is 11.9. The minimum atomic E-state index is -1.09. The van der Waals surface area contributed by atoms with Crippen molar-refractivity contribution in [2.75, 3.05) is 13.7 Å². The molecule has 0 saturated heterocycles. The fraction of sp³-hybridized carbons (Fsp3) is 0.364. The van der Waals surface area contributed by atoms with Crippen molar-refractivity contribution in [3.63, 3.8) is 0 Å². The maximum Gasteiger partial charge on any atom is 0.337 e. The van der Waals surface area contributed by atoms with Gasteiger partial charge in [-0.15, -0.1) is 0 Å². The molecule has 0 aliphatic carbocycles. The molecule has 0 saturated carbocycles. The van der Waals surface area contributed by atoms with Crippen LogP contribution in [0.15, 0.2) is 18.3 Å². The van der Waals surface area contributed by atoms with Crippen molar-refractivity contribution in [2.45, 2.75) is 13.0 Å². The fourth-order valence-corrected chi connectivity index (χ4v) is 1.15. The first-order chi connectivity index (χ1) is 7.97. The number of rotatable bonds is 4. The number of hydrogen-bond acceptors (Lipinski definition) is 4. The topological polar surface area (TPSA) is 90.7 Å². The number of carbonyl (C=O) groups excluding carboxylic acids is 1. The summed E-state index contributed by atoms with van der Waals surface area (Å²) in [5.74, 6) is -1.45. The summed E-state index contributed by atoms with van der Waals surface area (Å²) in [4.78, 5) is 27.6. The molecule has 1 heterocycles. The number of nitrogens with zero attached hydrogens (tertiary/aromatic N) is 2. The summed E-state index contributed by atoms with van der Waals surface area (Å²) in [5, 5.41) is 17.6. The van der Waals surface area contributed by atoms with Gasteiger partial charge in [0.25, 0.3) is 5.91 Å². The molecule has 0 aromatic carbocycles. The Morgan fingerprint density at radius 2 is 2.12 bits per heavy atom. The van der Waals surface area contributed by atoms with Gasteiger partial charge >= 0.3 is 5.97 Å². The zero-order chi connectivity index (χ0) is 13.0. The molecule has 0 radical (unpaired) electrons. The molecular formula is C11H14N2O4. The second-order valence-corrected chi connectivity index (χ2v) is 3.68. The lowest BCUT2D eigenvalue weighted by Crippen LogP contribution is -2.37. The number of carboxylic acids is 1. The Kier molecular flexibility index (Phi) is 4.17. The second-order valence-electron chi connectivity index (χ2n) is 3.68. The van der Waals surface area contributed by atoms with Crippen LogP contribution in [0.4, 0.5) is 0 Å². The van der Waals surface area contributed by atoms with E-state index in [9.17, 15) is 9.59 Å². The summed E-state index contributed by atoms with van der Waals surface area (Å²) in [6, 6.07) is 2.36. The van der Waals surface area contributed by atoms with Crippen LogP contribution in [0.3, 0.4) is 0 Å². The summed E-state index contributed by atoms with van der Waals surface area (Å²) >= 11 is 0. The van der Waals surface area contributed by atoms with Gasteiger partial charge in [0.2, 0.25) is 0 Å². The Morgan fingerprint density at radius 1 is 1.47 bits per heavy atom. The molecule has 6 heteroatoms. The van der Waals surface area contributed by atoms with E-state index in [1.54, 1.807) is 14.0 Å². The Morgan fingerprint density at radius 3 is 2.53 bits per heavy atom. The molecule has 1 rings (SSSR count). The maximum atomic E-state index is 11.8. The highest BCUT2D eigenvalue weighted by molar-refractivity contribution is 5.93. The molecule has 0 aliphatic rings. The SMILES string of the molecule is CC(CO)N(C)C(=O)c1ccc(C(=O)O)cn1. The van der Waals surface area contributed by atoms with E-state index in [1.807, 2.05) is 0 Å². The van der Waals surface area contributed by atoms with Crippen molar-refractivity contribution in [1.29, 1.82) is 0 Å². The average molecular weight is 238 g/mol. The van der Waals surface area contributed by atoms with Crippen LogP contribution in [0.25, 0.3) is 0 Å². The average Bonchev–Trinajstić information content (AvgIpc) is 2.36.